The van der Waals surface area contributed by atoms with E-state index in [0.717, 1.165) is 11.4 Å². The largest absolute Gasteiger partial charge is 0.299 e. The minimum Gasteiger partial charge on any atom is -0.299 e. The van der Waals surface area contributed by atoms with E-state index in [1.54, 1.807) is 20.2 Å². The highest BCUT2D eigenvalue weighted by Crippen LogP contribution is 1.93. The average Bonchev–Trinajstić information content (AvgIpc) is 2.29. The van der Waals surface area contributed by atoms with E-state index in [4.69, 9.17) is 0 Å². The van der Waals surface area contributed by atoms with Gasteiger partial charge in [-0.05, 0) is 19.9 Å². The molecule has 4 heteroatoms. The van der Waals surface area contributed by atoms with Crippen LogP contribution >= 0.6 is 0 Å². The Morgan fingerprint density at radius 1 is 1.00 bits per heavy atom. The molecule has 94 valence electrons. The molecule has 1 heterocycles. The standard InChI is InChI=1S/C7H12O2.C6H8N2/c1-3-6(8)5-7(9)4-2;1-5-3-6(2)8-4-7-5/h3-5H2,1-2H3;3-4H,1-2H3. The second kappa shape index (κ2) is 8.56. The van der Waals surface area contributed by atoms with Crippen LogP contribution in [0.4, 0.5) is 0 Å². The van der Waals surface area contributed by atoms with E-state index in [1.165, 1.54) is 0 Å². The van der Waals surface area contributed by atoms with Crippen LogP contribution < -0.4 is 0 Å². The molecule has 0 unspecified atom stereocenters. The Labute approximate surface area is 102 Å². The summed E-state index contributed by atoms with van der Waals surface area (Å²) >= 11 is 0. The molecule has 0 aliphatic heterocycles. The van der Waals surface area contributed by atoms with Crippen LogP contribution in [0.3, 0.4) is 0 Å². The number of aromatic nitrogens is 2. The first kappa shape index (κ1) is 15.4. The number of Topliss-reactive ketones (excluding diaryl/α,β-unsaturated/α-hetero) is 2. The lowest BCUT2D eigenvalue weighted by Gasteiger charge is -1.91. The van der Waals surface area contributed by atoms with Crippen LogP contribution in [0.25, 0.3) is 0 Å². The fourth-order valence-electron chi connectivity index (χ4n) is 1.06. The summed E-state index contributed by atoms with van der Waals surface area (Å²) in [5.74, 6) is 0.0868. The van der Waals surface area contributed by atoms with Crippen molar-refractivity contribution < 1.29 is 9.59 Å². The van der Waals surface area contributed by atoms with Crippen molar-refractivity contribution in [3.05, 3.63) is 23.8 Å². The van der Waals surface area contributed by atoms with Crippen LogP contribution in [0, 0.1) is 13.8 Å². The normalized spacial score (nSPS) is 9.18. The summed E-state index contributed by atoms with van der Waals surface area (Å²) in [6.07, 6.45) is 2.66. The molecule has 17 heavy (non-hydrogen) atoms. The summed E-state index contributed by atoms with van der Waals surface area (Å²) in [6, 6.07) is 1.94. The number of aryl methyl sites for hydroxylation is 2. The minimum absolute atomic E-state index is 0.0434. The molecule has 0 aliphatic carbocycles. The molecule has 0 radical (unpaired) electrons. The van der Waals surface area contributed by atoms with Gasteiger partial charge >= 0.3 is 0 Å². The van der Waals surface area contributed by atoms with Gasteiger partial charge < -0.3 is 0 Å². The summed E-state index contributed by atoms with van der Waals surface area (Å²) in [4.78, 5) is 29.0. The van der Waals surface area contributed by atoms with Gasteiger partial charge in [-0.3, -0.25) is 9.59 Å². The Bertz CT molecular complexity index is 344. The van der Waals surface area contributed by atoms with Gasteiger partial charge in [0.05, 0.1) is 6.42 Å². The Hall–Kier alpha value is -1.58. The number of ketones is 2. The number of carbonyl (C=O) groups is 2. The van der Waals surface area contributed by atoms with Gasteiger partial charge in [0.25, 0.3) is 0 Å². The number of hydrogen-bond donors (Lipinski definition) is 0. The van der Waals surface area contributed by atoms with Crippen LogP contribution in [0.1, 0.15) is 44.5 Å². The summed E-state index contributed by atoms with van der Waals surface area (Å²) in [7, 11) is 0. The Balaban J connectivity index is 0.000000302. The van der Waals surface area contributed by atoms with Crippen molar-refractivity contribution in [3.8, 4) is 0 Å². The molecule has 0 aliphatic rings. The van der Waals surface area contributed by atoms with E-state index in [0.29, 0.717) is 12.8 Å². The van der Waals surface area contributed by atoms with Crippen LogP contribution in [-0.4, -0.2) is 21.5 Å². The van der Waals surface area contributed by atoms with Gasteiger partial charge in [0, 0.05) is 24.2 Å². The van der Waals surface area contributed by atoms with E-state index in [2.05, 4.69) is 9.97 Å². The maximum Gasteiger partial charge on any atom is 0.139 e. The first-order chi connectivity index (χ1) is 7.99. The quantitative estimate of drug-likeness (QED) is 0.753. The maximum atomic E-state index is 10.6. The highest BCUT2D eigenvalue weighted by Gasteiger charge is 2.03. The first-order valence-corrected chi connectivity index (χ1v) is 5.78. The lowest BCUT2D eigenvalue weighted by molar-refractivity contribution is -0.126. The first-order valence-electron chi connectivity index (χ1n) is 5.78. The molecule has 1 aromatic heterocycles. The van der Waals surface area contributed by atoms with Crippen molar-refractivity contribution in [2.75, 3.05) is 0 Å². The number of rotatable bonds is 4. The molecular formula is C13H20N2O2. The molecular weight excluding hydrogens is 216 g/mol. The van der Waals surface area contributed by atoms with Crippen molar-refractivity contribution in [1.82, 2.24) is 9.97 Å². The van der Waals surface area contributed by atoms with Crippen molar-refractivity contribution in [3.63, 3.8) is 0 Å². The molecule has 0 fully saturated rings. The topological polar surface area (TPSA) is 59.9 Å². The van der Waals surface area contributed by atoms with Gasteiger partial charge in [0.1, 0.15) is 17.9 Å². The fourth-order valence-corrected chi connectivity index (χ4v) is 1.06. The van der Waals surface area contributed by atoms with Gasteiger partial charge in [-0.15, -0.1) is 0 Å². The summed E-state index contributed by atoms with van der Waals surface area (Å²) in [6.45, 7) is 7.44. The van der Waals surface area contributed by atoms with Gasteiger partial charge in [0.15, 0.2) is 0 Å². The Morgan fingerprint density at radius 2 is 1.41 bits per heavy atom. The Morgan fingerprint density at radius 3 is 1.65 bits per heavy atom. The third kappa shape index (κ3) is 8.25. The molecule has 0 saturated carbocycles. The molecule has 0 spiro atoms. The van der Waals surface area contributed by atoms with E-state index < -0.39 is 0 Å². The van der Waals surface area contributed by atoms with E-state index in [9.17, 15) is 9.59 Å². The van der Waals surface area contributed by atoms with Crippen molar-refractivity contribution in [2.24, 2.45) is 0 Å². The predicted molar refractivity (Wildman–Crippen MR) is 66.7 cm³/mol. The van der Waals surface area contributed by atoms with Crippen molar-refractivity contribution in [1.29, 1.82) is 0 Å². The van der Waals surface area contributed by atoms with Crippen LogP contribution in [0.2, 0.25) is 0 Å². The lowest BCUT2D eigenvalue weighted by atomic mass is 10.1. The SMILES string of the molecule is CCC(=O)CC(=O)CC.Cc1cc(C)ncn1. The molecule has 0 amide bonds. The summed E-state index contributed by atoms with van der Waals surface area (Å²) in [5.41, 5.74) is 2.05. The van der Waals surface area contributed by atoms with Crippen molar-refractivity contribution >= 4 is 11.6 Å². The van der Waals surface area contributed by atoms with E-state index in [1.807, 2.05) is 19.9 Å². The fraction of sp³-hybridized carbons (Fsp3) is 0.538. The Kier molecular flexibility index (Phi) is 7.76. The van der Waals surface area contributed by atoms with Crippen molar-refractivity contribution in [2.45, 2.75) is 47.0 Å². The molecule has 0 saturated heterocycles. The van der Waals surface area contributed by atoms with Crippen LogP contribution in [0.15, 0.2) is 12.4 Å². The average molecular weight is 236 g/mol. The molecule has 0 bridgehead atoms. The third-order valence-corrected chi connectivity index (χ3v) is 2.12. The summed E-state index contributed by atoms with van der Waals surface area (Å²) in [5, 5.41) is 0. The maximum absolute atomic E-state index is 10.6. The van der Waals surface area contributed by atoms with Crippen LogP contribution in [-0.2, 0) is 9.59 Å². The number of nitrogens with zero attached hydrogens (tertiary/aromatic N) is 2. The van der Waals surface area contributed by atoms with Gasteiger partial charge in [-0.25, -0.2) is 9.97 Å². The molecule has 4 nitrogen and oxygen atoms in total. The number of hydrogen-bond acceptors (Lipinski definition) is 4. The second-order valence-corrected chi connectivity index (χ2v) is 3.76. The molecule has 0 aromatic carbocycles. The van der Waals surface area contributed by atoms with Crippen LogP contribution in [0.5, 0.6) is 0 Å². The monoisotopic (exact) mass is 236 g/mol. The lowest BCUT2D eigenvalue weighted by Crippen LogP contribution is -2.04. The predicted octanol–water partition coefficient (Wildman–Crippen LogP) is 2.43. The zero-order chi connectivity index (χ0) is 13.3. The third-order valence-electron chi connectivity index (χ3n) is 2.12. The van der Waals surface area contributed by atoms with Gasteiger partial charge in [-0.1, -0.05) is 13.8 Å². The van der Waals surface area contributed by atoms with E-state index >= 15 is 0 Å². The summed E-state index contributed by atoms with van der Waals surface area (Å²) < 4.78 is 0. The molecule has 0 atom stereocenters. The molecule has 0 N–H and O–H groups in total. The molecule has 1 aromatic rings. The number of carbonyl (C=O) groups excluding carboxylic acids is 2. The zero-order valence-corrected chi connectivity index (χ0v) is 11.0. The highest BCUT2D eigenvalue weighted by molar-refractivity contribution is 5.98. The minimum atomic E-state index is 0.0434. The zero-order valence-electron chi connectivity index (χ0n) is 11.0. The van der Waals surface area contributed by atoms with Gasteiger partial charge in [0.2, 0.25) is 0 Å². The second-order valence-electron chi connectivity index (χ2n) is 3.76. The van der Waals surface area contributed by atoms with E-state index in [-0.39, 0.29) is 18.0 Å². The van der Waals surface area contributed by atoms with Gasteiger partial charge in [-0.2, -0.15) is 0 Å². The molecule has 1 rings (SSSR count). The highest BCUT2D eigenvalue weighted by atomic mass is 16.1. The smallest absolute Gasteiger partial charge is 0.139 e.